The van der Waals surface area contributed by atoms with Gasteiger partial charge in [0.2, 0.25) is 0 Å². The van der Waals surface area contributed by atoms with E-state index in [2.05, 4.69) is 29.4 Å². The maximum absolute atomic E-state index is 12.2. The summed E-state index contributed by atoms with van der Waals surface area (Å²) < 4.78 is 0. The molecular formula is C15H25N3O. The number of amides is 1. The van der Waals surface area contributed by atoms with Gasteiger partial charge in [0.1, 0.15) is 0 Å². The Hall–Kier alpha value is -1.55. The SMILES string of the molecule is CNc1ccc(C(=O)NC(CN(C)C)C(C)C)cc1. The predicted molar refractivity (Wildman–Crippen MR) is 80.6 cm³/mol. The molecule has 0 aliphatic heterocycles. The van der Waals surface area contributed by atoms with Crippen molar-refractivity contribution in [2.24, 2.45) is 5.92 Å². The minimum absolute atomic E-state index is 0.0109. The number of benzene rings is 1. The van der Waals surface area contributed by atoms with Crippen LogP contribution in [0, 0.1) is 5.92 Å². The molecule has 4 nitrogen and oxygen atoms in total. The van der Waals surface area contributed by atoms with E-state index in [1.165, 1.54) is 0 Å². The highest BCUT2D eigenvalue weighted by molar-refractivity contribution is 5.94. The molecule has 0 heterocycles. The minimum Gasteiger partial charge on any atom is -0.388 e. The van der Waals surface area contributed by atoms with E-state index in [1.54, 1.807) is 0 Å². The zero-order valence-corrected chi connectivity index (χ0v) is 12.5. The van der Waals surface area contributed by atoms with Crippen LogP contribution in [0.1, 0.15) is 24.2 Å². The number of likely N-dealkylation sites (N-methyl/N-ethyl adjacent to an activating group) is 1. The first-order valence-electron chi connectivity index (χ1n) is 6.67. The highest BCUT2D eigenvalue weighted by Gasteiger charge is 2.17. The first-order valence-corrected chi connectivity index (χ1v) is 6.67. The number of nitrogens with zero attached hydrogens (tertiary/aromatic N) is 1. The quantitative estimate of drug-likeness (QED) is 0.825. The van der Waals surface area contributed by atoms with E-state index in [9.17, 15) is 4.79 Å². The van der Waals surface area contributed by atoms with Crippen molar-refractivity contribution in [3.63, 3.8) is 0 Å². The van der Waals surface area contributed by atoms with Crippen LogP contribution in [0.4, 0.5) is 5.69 Å². The zero-order valence-electron chi connectivity index (χ0n) is 12.5. The molecule has 19 heavy (non-hydrogen) atoms. The van der Waals surface area contributed by atoms with E-state index in [0.29, 0.717) is 11.5 Å². The van der Waals surface area contributed by atoms with Crippen molar-refractivity contribution in [3.05, 3.63) is 29.8 Å². The maximum Gasteiger partial charge on any atom is 0.251 e. The van der Waals surface area contributed by atoms with Gasteiger partial charge in [-0.15, -0.1) is 0 Å². The zero-order chi connectivity index (χ0) is 14.4. The first kappa shape index (κ1) is 15.5. The summed E-state index contributed by atoms with van der Waals surface area (Å²) in [6.07, 6.45) is 0. The fraction of sp³-hybridized carbons (Fsp3) is 0.533. The third-order valence-electron chi connectivity index (χ3n) is 3.12. The highest BCUT2D eigenvalue weighted by atomic mass is 16.1. The van der Waals surface area contributed by atoms with Crippen LogP contribution >= 0.6 is 0 Å². The lowest BCUT2D eigenvalue weighted by Crippen LogP contribution is -2.44. The molecule has 1 aromatic carbocycles. The Balaban J connectivity index is 2.70. The van der Waals surface area contributed by atoms with Crippen LogP contribution in [0.2, 0.25) is 0 Å². The molecule has 4 heteroatoms. The van der Waals surface area contributed by atoms with Crippen LogP contribution in [0.15, 0.2) is 24.3 Å². The molecular weight excluding hydrogens is 238 g/mol. The molecule has 0 aromatic heterocycles. The first-order chi connectivity index (χ1) is 8.93. The van der Waals surface area contributed by atoms with Crippen molar-refractivity contribution in [1.29, 1.82) is 0 Å². The summed E-state index contributed by atoms with van der Waals surface area (Å²) >= 11 is 0. The number of hydrogen-bond donors (Lipinski definition) is 2. The molecule has 1 rings (SSSR count). The average molecular weight is 263 g/mol. The minimum atomic E-state index is -0.0109. The molecule has 1 unspecified atom stereocenters. The second kappa shape index (κ2) is 7.14. The fourth-order valence-electron chi connectivity index (χ4n) is 1.86. The van der Waals surface area contributed by atoms with Gasteiger partial charge in [0, 0.05) is 30.9 Å². The fourth-order valence-corrected chi connectivity index (χ4v) is 1.86. The number of nitrogens with one attached hydrogen (secondary N) is 2. The molecule has 0 spiro atoms. The summed E-state index contributed by atoms with van der Waals surface area (Å²) in [7, 11) is 5.90. The van der Waals surface area contributed by atoms with Crippen LogP contribution in [0.5, 0.6) is 0 Å². The second-order valence-electron chi connectivity index (χ2n) is 5.41. The van der Waals surface area contributed by atoms with Gasteiger partial charge in [0.05, 0.1) is 0 Å². The summed E-state index contributed by atoms with van der Waals surface area (Å²) in [6, 6.07) is 7.66. The number of carbonyl (C=O) groups is 1. The van der Waals surface area contributed by atoms with Crippen LogP contribution < -0.4 is 10.6 Å². The molecule has 106 valence electrons. The van der Waals surface area contributed by atoms with Crippen molar-refractivity contribution in [2.45, 2.75) is 19.9 Å². The van der Waals surface area contributed by atoms with Crippen molar-refractivity contribution in [1.82, 2.24) is 10.2 Å². The third-order valence-corrected chi connectivity index (χ3v) is 3.12. The number of hydrogen-bond acceptors (Lipinski definition) is 3. The average Bonchev–Trinajstić information content (AvgIpc) is 2.37. The van der Waals surface area contributed by atoms with Gasteiger partial charge < -0.3 is 15.5 Å². The molecule has 0 bridgehead atoms. The number of anilines is 1. The van der Waals surface area contributed by atoms with E-state index < -0.39 is 0 Å². The van der Waals surface area contributed by atoms with Crippen molar-refractivity contribution < 1.29 is 4.79 Å². The highest BCUT2D eigenvalue weighted by Crippen LogP contribution is 2.10. The standard InChI is InChI=1S/C15H25N3O/c1-11(2)14(10-18(4)5)17-15(19)12-6-8-13(16-3)9-7-12/h6-9,11,14,16H,10H2,1-5H3,(H,17,19). The molecule has 0 saturated carbocycles. The Morgan fingerprint density at radius 2 is 1.79 bits per heavy atom. The van der Waals surface area contributed by atoms with Crippen LogP contribution in [0.3, 0.4) is 0 Å². The summed E-state index contributed by atoms with van der Waals surface area (Å²) in [5.74, 6) is 0.395. The van der Waals surface area contributed by atoms with E-state index in [1.807, 2.05) is 45.4 Å². The molecule has 1 aromatic rings. The van der Waals surface area contributed by atoms with E-state index >= 15 is 0 Å². The van der Waals surface area contributed by atoms with E-state index in [0.717, 1.165) is 12.2 Å². The normalized spacial score (nSPS) is 12.6. The Morgan fingerprint density at radius 3 is 2.21 bits per heavy atom. The largest absolute Gasteiger partial charge is 0.388 e. The second-order valence-corrected chi connectivity index (χ2v) is 5.41. The van der Waals surface area contributed by atoms with Crippen LogP contribution in [-0.4, -0.2) is 44.5 Å². The number of carbonyl (C=O) groups excluding carboxylic acids is 1. The van der Waals surface area contributed by atoms with Crippen LogP contribution in [-0.2, 0) is 0 Å². The lowest BCUT2D eigenvalue weighted by molar-refractivity contribution is 0.0916. The van der Waals surface area contributed by atoms with Gasteiger partial charge in [-0.05, 0) is 44.3 Å². The van der Waals surface area contributed by atoms with Crippen molar-refractivity contribution >= 4 is 11.6 Å². The maximum atomic E-state index is 12.2. The van der Waals surface area contributed by atoms with Crippen molar-refractivity contribution in [2.75, 3.05) is 33.0 Å². The van der Waals surface area contributed by atoms with Gasteiger partial charge in [0.15, 0.2) is 0 Å². The number of rotatable bonds is 6. The van der Waals surface area contributed by atoms with Gasteiger partial charge in [0.25, 0.3) is 5.91 Å². The summed E-state index contributed by atoms with van der Waals surface area (Å²) in [6.45, 7) is 5.09. The Bertz CT molecular complexity index is 398. The molecule has 1 atom stereocenters. The monoisotopic (exact) mass is 263 g/mol. The molecule has 0 radical (unpaired) electrons. The predicted octanol–water partition coefficient (Wildman–Crippen LogP) is 2.04. The molecule has 0 aliphatic rings. The topological polar surface area (TPSA) is 44.4 Å². The van der Waals surface area contributed by atoms with E-state index in [-0.39, 0.29) is 11.9 Å². The van der Waals surface area contributed by atoms with Gasteiger partial charge in [-0.1, -0.05) is 13.8 Å². The lowest BCUT2D eigenvalue weighted by atomic mass is 10.0. The third kappa shape index (κ3) is 4.91. The van der Waals surface area contributed by atoms with Gasteiger partial charge in [-0.25, -0.2) is 0 Å². The smallest absolute Gasteiger partial charge is 0.251 e. The Labute approximate surface area is 116 Å². The van der Waals surface area contributed by atoms with Gasteiger partial charge >= 0.3 is 0 Å². The van der Waals surface area contributed by atoms with Crippen LogP contribution in [0.25, 0.3) is 0 Å². The summed E-state index contributed by atoms with van der Waals surface area (Å²) in [5, 5.41) is 6.14. The molecule has 0 saturated heterocycles. The van der Waals surface area contributed by atoms with E-state index in [4.69, 9.17) is 0 Å². The summed E-state index contributed by atoms with van der Waals surface area (Å²) in [4.78, 5) is 14.3. The van der Waals surface area contributed by atoms with Gasteiger partial charge in [-0.2, -0.15) is 0 Å². The Morgan fingerprint density at radius 1 is 1.21 bits per heavy atom. The summed E-state index contributed by atoms with van der Waals surface area (Å²) in [5.41, 5.74) is 1.70. The Kier molecular flexibility index (Phi) is 5.83. The van der Waals surface area contributed by atoms with Crippen molar-refractivity contribution in [3.8, 4) is 0 Å². The molecule has 2 N–H and O–H groups in total. The lowest BCUT2D eigenvalue weighted by Gasteiger charge is -2.25. The molecule has 0 fully saturated rings. The molecule has 1 amide bonds. The molecule has 0 aliphatic carbocycles. The van der Waals surface area contributed by atoms with Gasteiger partial charge in [-0.3, -0.25) is 4.79 Å².